The average molecular weight is 240 g/mol. The molecule has 1 atom stereocenters. The highest BCUT2D eigenvalue weighted by molar-refractivity contribution is 5.73. The molecule has 0 aromatic heterocycles. The first-order valence-corrected chi connectivity index (χ1v) is 6.81. The summed E-state index contributed by atoms with van der Waals surface area (Å²) in [4.78, 5) is 16.0. The van der Waals surface area contributed by atoms with Crippen LogP contribution in [0.5, 0.6) is 0 Å². The van der Waals surface area contributed by atoms with Crippen LogP contribution in [0.2, 0.25) is 0 Å². The molecule has 0 aromatic carbocycles. The molecule has 0 saturated carbocycles. The molecule has 2 aliphatic heterocycles. The zero-order valence-corrected chi connectivity index (χ0v) is 10.8. The summed E-state index contributed by atoms with van der Waals surface area (Å²) in [6, 6.07) is 0.429. The van der Waals surface area contributed by atoms with E-state index in [-0.39, 0.29) is 5.91 Å². The molecule has 1 unspecified atom stereocenters. The predicted molar refractivity (Wildman–Crippen MR) is 66.7 cm³/mol. The van der Waals surface area contributed by atoms with Crippen LogP contribution in [0.4, 0.5) is 0 Å². The predicted octanol–water partition coefficient (Wildman–Crippen LogP) is 0.702. The van der Waals surface area contributed by atoms with Gasteiger partial charge in [-0.15, -0.1) is 0 Å². The lowest BCUT2D eigenvalue weighted by Gasteiger charge is -2.35. The Morgan fingerprint density at radius 3 is 2.53 bits per heavy atom. The number of carbonyl (C=O) groups excluding carboxylic acids is 1. The number of amides is 1. The standard InChI is InChI=1S/C13H24N2O2/c1-11(17)15-6-2-3-13(15)9-14-7-4-12(10-16)5-8-14/h12-13,16H,2-10H2,1H3. The van der Waals surface area contributed by atoms with Crippen molar-refractivity contribution in [3.05, 3.63) is 0 Å². The van der Waals surface area contributed by atoms with E-state index in [1.165, 1.54) is 0 Å². The highest BCUT2D eigenvalue weighted by Gasteiger charge is 2.29. The summed E-state index contributed by atoms with van der Waals surface area (Å²) in [5.41, 5.74) is 0. The highest BCUT2D eigenvalue weighted by atomic mass is 16.3. The Morgan fingerprint density at radius 1 is 1.24 bits per heavy atom. The summed E-state index contributed by atoms with van der Waals surface area (Å²) in [5.74, 6) is 0.719. The molecule has 0 aliphatic carbocycles. The van der Waals surface area contributed by atoms with Crippen molar-refractivity contribution >= 4 is 5.91 Å². The van der Waals surface area contributed by atoms with E-state index in [2.05, 4.69) is 4.90 Å². The number of carbonyl (C=O) groups is 1. The Morgan fingerprint density at radius 2 is 1.94 bits per heavy atom. The maximum atomic E-state index is 11.5. The fourth-order valence-electron chi connectivity index (χ4n) is 3.09. The second-order valence-electron chi connectivity index (χ2n) is 5.44. The van der Waals surface area contributed by atoms with E-state index < -0.39 is 0 Å². The zero-order chi connectivity index (χ0) is 12.3. The van der Waals surface area contributed by atoms with Crippen LogP contribution in [0.15, 0.2) is 0 Å². The van der Waals surface area contributed by atoms with Gasteiger partial charge in [0.25, 0.3) is 0 Å². The minimum absolute atomic E-state index is 0.220. The van der Waals surface area contributed by atoms with E-state index in [0.29, 0.717) is 18.6 Å². The van der Waals surface area contributed by atoms with Crippen molar-refractivity contribution in [2.45, 2.75) is 38.6 Å². The Hall–Kier alpha value is -0.610. The Labute approximate surface area is 104 Å². The third-order valence-electron chi connectivity index (χ3n) is 4.22. The normalized spacial score (nSPS) is 27.6. The van der Waals surface area contributed by atoms with Crippen molar-refractivity contribution in [2.24, 2.45) is 5.92 Å². The molecule has 2 rings (SSSR count). The van der Waals surface area contributed by atoms with E-state index in [9.17, 15) is 4.79 Å². The van der Waals surface area contributed by atoms with Crippen LogP contribution >= 0.6 is 0 Å². The van der Waals surface area contributed by atoms with Crippen LogP contribution < -0.4 is 0 Å². The summed E-state index contributed by atoms with van der Waals surface area (Å²) in [7, 11) is 0. The Balaban J connectivity index is 1.79. The van der Waals surface area contributed by atoms with Crippen molar-refractivity contribution in [1.82, 2.24) is 9.80 Å². The fraction of sp³-hybridized carbons (Fsp3) is 0.923. The second-order valence-corrected chi connectivity index (χ2v) is 5.44. The summed E-state index contributed by atoms with van der Waals surface area (Å²) in [5, 5.41) is 9.10. The van der Waals surface area contributed by atoms with E-state index in [1.54, 1.807) is 6.92 Å². The molecule has 2 heterocycles. The zero-order valence-electron chi connectivity index (χ0n) is 10.8. The van der Waals surface area contributed by atoms with Gasteiger partial charge in [0.15, 0.2) is 0 Å². The van der Waals surface area contributed by atoms with Gasteiger partial charge in [0, 0.05) is 32.7 Å². The molecule has 17 heavy (non-hydrogen) atoms. The monoisotopic (exact) mass is 240 g/mol. The van der Waals surface area contributed by atoms with Gasteiger partial charge in [-0.2, -0.15) is 0 Å². The van der Waals surface area contributed by atoms with Crippen molar-refractivity contribution < 1.29 is 9.90 Å². The van der Waals surface area contributed by atoms with Crippen LogP contribution in [-0.2, 0) is 4.79 Å². The van der Waals surface area contributed by atoms with E-state index >= 15 is 0 Å². The molecule has 2 saturated heterocycles. The van der Waals surface area contributed by atoms with E-state index in [4.69, 9.17) is 5.11 Å². The molecular weight excluding hydrogens is 216 g/mol. The molecule has 0 spiro atoms. The molecule has 2 aliphatic rings. The summed E-state index contributed by atoms with van der Waals surface area (Å²) in [6.45, 7) is 6.12. The topological polar surface area (TPSA) is 43.8 Å². The van der Waals surface area contributed by atoms with Crippen molar-refractivity contribution in [2.75, 3.05) is 32.8 Å². The SMILES string of the molecule is CC(=O)N1CCCC1CN1CCC(CO)CC1. The molecule has 1 amide bonds. The highest BCUT2D eigenvalue weighted by Crippen LogP contribution is 2.21. The molecule has 4 nitrogen and oxygen atoms in total. The van der Waals surface area contributed by atoms with Gasteiger partial charge in [-0.3, -0.25) is 4.79 Å². The summed E-state index contributed by atoms with van der Waals surface area (Å²) in [6.07, 6.45) is 4.50. The number of aliphatic hydroxyl groups excluding tert-OH is 1. The largest absolute Gasteiger partial charge is 0.396 e. The average Bonchev–Trinajstić information content (AvgIpc) is 2.78. The first-order valence-electron chi connectivity index (χ1n) is 6.81. The third kappa shape index (κ3) is 3.19. The molecule has 98 valence electrons. The van der Waals surface area contributed by atoms with Crippen molar-refractivity contribution in [3.63, 3.8) is 0 Å². The van der Waals surface area contributed by atoms with Gasteiger partial charge in [0.1, 0.15) is 0 Å². The molecule has 0 bridgehead atoms. The fourth-order valence-corrected chi connectivity index (χ4v) is 3.09. The maximum absolute atomic E-state index is 11.5. The minimum Gasteiger partial charge on any atom is -0.396 e. The quantitative estimate of drug-likeness (QED) is 0.790. The van der Waals surface area contributed by atoms with Gasteiger partial charge >= 0.3 is 0 Å². The Kier molecular flexibility index (Phi) is 4.40. The third-order valence-corrected chi connectivity index (χ3v) is 4.22. The van der Waals surface area contributed by atoms with Crippen LogP contribution in [0.1, 0.15) is 32.6 Å². The van der Waals surface area contributed by atoms with Gasteiger partial charge in [-0.05, 0) is 44.7 Å². The first kappa shape index (κ1) is 12.8. The number of hydrogen-bond donors (Lipinski definition) is 1. The van der Waals surface area contributed by atoms with Gasteiger partial charge in [-0.25, -0.2) is 0 Å². The minimum atomic E-state index is 0.220. The van der Waals surface area contributed by atoms with E-state index in [0.717, 1.165) is 51.9 Å². The molecule has 0 aromatic rings. The second kappa shape index (κ2) is 5.83. The number of aliphatic hydroxyl groups is 1. The Bertz CT molecular complexity index is 262. The number of nitrogens with zero attached hydrogens (tertiary/aromatic N) is 2. The van der Waals surface area contributed by atoms with Crippen LogP contribution in [0, 0.1) is 5.92 Å². The smallest absolute Gasteiger partial charge is 0.219 e. The molecule has 0 radical (unpaired) electrons. The van der Waals surface area contributed by atoms with Crippen molar-refractivity contribution in [1.29, 1.82) is 0 Å². The van der Waals surface area contributed by atoms with E-state index in [1.807, 2.05) is 4.90 Å². The lowest BCUT2D eigenvalue weighted by Crippen LogP contribution is -2.45. The lowest BCUT2D eigenvalue weighted by atomic mass is 9.97. The number of piperidine rings is 1. The summed E-state index contributed by atoms with van der Waals surface area (Å²) >= 11 is 0. The van der Waals surface area contributed by atoms with Gasteiger partial charge < -0.3 is 14.9 Å². The van der Waals surface area contributed by atoms with Gasteiger partial charge in [0.05, 0.1) is 0 Å². The number of likely N-dealkylation sites (tertiary alicyclic amines) is 2. The molecule has 1 N–H and O–H groups in total. The molecule has 4 heteroatoms. The van der Waals surface area contributed by atoms with Crippen LogP contribution in [0.25, 0.3) is 0 Å². The summed E-state index contributed by atoms with van der Waals surface area (Å²) < 4.78 is 0. The molecular formula is C13H24N2O2. The maximum Gasteiger partial charge on any atom is 0.219 e. The molecule has 2 fully saturated rings. The van der Waals surface area contributed by atoms with Crippen LogP contribution in [0.3, 0.4) is 0 Å². The van der Waals surface area contributed by atoms with Crippen molar-refractivity contribution in [3.8, 4) is 0 Å². The van der Waals surface area contributed by atoms with Crippen LogP contribution in [-0.4, -0.2) is 59.6 Å². The van der Waals surface area contributed by atoms with Gasteiger partial charge in [0.2, 0.25) is 5.91 Å². The number of hydrogen-bond acceptors (Lipinski definition) is 3. The lowest BCUT2D eigenvalue weighted by molar-refractivity contribution is -0.130. The number of rotatable bonds is 3. The first-order chi connectivity index (χ1) is 8.20. The van der Waals surface area contributed by atoms with Gasteiger partial charge in [-0.1, -0.05) is 0 Å².